The van der Waals surface area contributed by atoms with E-state index in [1.165, 1.54) is 16.3 Å². The summed E-state index contributed by atoms with van der Waals surface area (Å²) in [6.45, 7) is 2.93. The van der Waals surface area contributed by atoms with Crippen LogP contribution >= 0.6 is 0 Å². The molecule has 0 radical (unpaired) electrons. The van der Waals surface area contributed by atoms with Crippen LogP contribution in [0.3, 0.4) is 0 Å². The molecule has 1 atom stereocenters. The lowest BCUT2D eigenvalue weighted by molar-refractivity contribution is -0.107. The average molecular weight is 332 g/mol. The Hall–Kier alpha value is -2.65. The zero-order valence-corrected chi connectivity index (χ0v) is 14.8. The fraction of sp³-hybridized carbons (Fsp3) is 0.227. The zero-order chi connectivity index (χ0) is 17.6. The largest absolute Gasteiger partial charge is 0.318 e. The van der Waals surface area contributed by atoms with Crippen molar-refractivity contribution in [1.29, 1.82) is 0 Å². The van der Waals surface area contributed by atoms with E-state index in [9.17, 15) is 4.79 Å². The molecular weight excluding hydrogens is 308 g/mol. The summed E-state index contributed by atoms with van der Waals surface area (Å²) in [4.78, 5) is 12.7. The summed E-state index contributed by atoms with van der Waals surface area (Å²) in [6, 6.07) is 23.4. The molecule has 0 saturated heterocycles. The number of hydrogen-bond acceptors (Lipinski definition) is 2. The molecule has 0 heterocycles. The highest BCUT2D eigenvalue weighted by molar-refractivity contribution is 5.83. The van der Waals surface area contributed by atoms with E-state index in [-0.39, 0.29) is 0 Å². The lowest BCUT2D eigenvalue weighted by atomic mass is 10.0. The van der Waals surface area contributed by atoms with Crippen molar-refractivity contribution in [3.8, 4) is 0 Å². The molecule has 0 spiro atoms. The first kappa shape index (κ1) is 17.2. The smallest absolute Gasteiger partial charge is 0.213 e. The number of amides is 1. The Balaban J connectivity index is 1.64. The molecule has 0 aliphatic rings. The summed E-state index contributed by atoms with van der Waals surface area (Å²) in [5.41, 5.74) is 3.40. The van der Waals surface area contributed by atoms with Gasteiger partial charge >= 0.3 is 0 Å². The predicted molar refractivity (Wildman–Crippen MR) is 105 cm³/mol. The number of nitrogens with one attached hydrogen (secondary N) is 1. The fourth-order valence-electron chi connectivity index (χ4n) is 3.14. The topological polar surface area (TPSA) is 32.3 Å². The van der Waals surface area contributed by atoms with Gasteiger partial charge in [0.05, 0.1) is 0 Å². The number of carbonyl (C=O) groups is 1. The van der Waals surface area contributed by atoms with Gasteiger partial charge < -0.3 is 10.2 Å². The van der Waals surface area contributed by atoms with E-state index >= 15 is 0 Å². The van der Waals surface area contributed by atoms with Crippen LogP contribution in [0.15, 0.2) is 66.7 Å². The van der Waals surface area contributed by atoms with Crippen LogP contribution in [0.5, 0.6) is 0 Å². The zero-order valence-electron chi connectivity index (χ0n) is 14.8. The van der Waals surface area contributed by atoms with Gasteiger partial charge in [-0.1, -0.05) is 60.7 Å². The highest BCUT2D eigenvalue weighted by Crippen LogP contribution is 2.19. The van der Waals surface area contributed by atoms with Crippen LogP contribution in [-0.2, 0) is 17.8 Å². The van der Waals surface area contributed by atoms with Crippen molar-refractivity contribution in [2.45, 2.75) is 25.9 Å². The second-order valence-electron chi connectivity index (χ2n) is 6.51. The standard InChI is InChI=1S/C22H24N2O/c1-17(13-18-11-12-19-7-3-4-8-20(19)14-18)23-15-21-9-5-6-10-22(21)24(2)16-25/h3-12,14,16-17,23H,13,15H2,1-2H3. The lowest BCUT2D eigenvalue weighted by Crippen LogP contribution is -2.28. The van der Waals surface area contributed by atoms with Crippen LogP contribution in [0.4, 0.5) is 5.69 Å². The number of benzene rings is 3. The molecule has 1 unspecified atom stereocenters. The minimum Gasteiger partial charge on any atom is -0.318 e. The van der Waals surface area contributed by atoms with E-state index in [0.717, 1.165) is 30.6 Å². The summed E-state index contributed by atoms with van der Waals surface area (Å²) in [5.74, 6) is 0. The summed E-state index contributed by atoms with van der Waals surface area (Å²) in [7, 11) is 1.78. The van der Waals surface area contributed by atoms with Crippen molar-refractivity contribution < 1.29 is 4.79 Å². The Bertz CT molecular complexity index is 859. The molecule has 128 valence electrons. The van der Waals surface area contributed by atoms with Crippen molar-refractivity contribution in [1.82, 2.24) is 5.32 Å². The molecule has 0 aliphatic heterocycles. The van der Waals surface area contributed by atoms with Crippen molar-refractivity contribution in [3.05, 3.63) is 77.9 Å². The highest BCUT2D eigenvalue weighted by atomic mass is 16.1. The lowest BCUT2D eigenvalue weighted by Gasteiger charge is -2.19. The van der Waals surface area contributed by atoms with Crippen molar-refractivity contribution in [2.24, 2.45) is 0 Å². The number of rotatable bonds is 7. The third-order valence-corrected chi connectivity index (χ3v) is 4.53. The molecule has 0 fully saturated rings. The first-order chi connectivity index (χ1) is 12.2. The van der Waals surface area contributed by atoms with Gasteiger partial charge in [0.15, 0.2) is 0 Å². The molecular formula is C22H24N2O. The molecule has 1 N–H and O–H groups in total. The number of hydrogen-bond donors (Lipinski definition) is 1. The van der Waals surface area contributed by atoms with Crippen LogP contribution < -0.4 is 10.2 Å². The van der Waals surface area contributed by atoms with Crippen molar-refractivity contribution in [2.75, 3.05) is 11.9 Å². The van der Waals surface area contributed by atoms with Gasteiger partial charge in [-0.25, -0.2) is 0 Å². The summed E-state index contributed by atoms with van der Waals surface area (Å²) in [6.07, 6.45) is 1.81. The molecule has 0 aromatic heterocycles. The predicted octanol–water partition coefficient (Wildman–Crippen LogP) is 4.15. The minimum absolute atomic E-state index is 0.343. The molecule has 1 amide bonds. The van der Waals surface area contributed by atoms with E-state index in [1.807, 2.05) is 18.2 Å². The molecule has 3 rings (SSSR count). The first-order valence-corrected chi connectivity index (χ1v) is 8.64. The maximum absolute atomic E-state index is 11.0. The molecule has 3 aromatic carbocycles. The first-order valence-electron chi connectivity index (χ1n) is 8.64. The van der Waals surface area contributed by atoms with Gasteiger partial charge in [-0.2, -0.15) is 0 Å². The van der Waals surface area contributed by atoms with Crippen LogP contribution in [-0.4, -0.2) is 19.5 Å². The highest BCUT2D eigenvalue weighted by Gasteiger charge is 2.08. The Morgan fingerprint density at radius 1 is 1.00 bits per heavy atom. The number of nitrogens with zero attached hydrogens (tertiary/aromatic N) is 1. The monoisotopic (exact) mass is 332 g/mol. The van der Waals surface area contributed by atoms with Gasteiger partial charge in [0, 0.05) is 25.3 Å². The van der Waals surface area contributed by atoms with Crippen molar-refractivity contribution >= 4 is 22.9 Å². The molecule has 0 bridgehead atoms. The molecule has 3 aromatic rings. The summed E-state index contributed by atoms with van der Waals surface area (Å²) < 4.78 is 0. The molecule has 0 aliphatic carbocycles. The number of carbonyl (C=O) groups excluding carboxylic acids is 1. The van der Waals surface area contributed by atoms with Crippen molar-refractivity contribution in [3.63, 3.8) is 0 Å². The van der Waals surface area contributed by atoms with Gasteiger partial charge in [0.25, 0.3) is 0 Å². The summed E-state index contributed by atoms with van der Waals surface area (Å²) in [5, 5.41) is 6.13. The van der Waals surface area contributed by atoms with Crippen LogP contribution in [0, 0.1) is 0 Å². The normalized spacial score (nSPS) is 12.1. The Morgan fingerprint density at radius 2 is 1.72 bits per heavy atom. The minimum atomic E-state index is 0.343. The van der Waals surface area contributed by atoms with E-state index < -0.39 is 0 Å². The number of para-hydroxylation sites is 1. The van der Waals surface area contributed by atoms with Crippen LogP contribution in [0.2, 0.25) is 0 Å². The summed E-state index contributed by atoms with van der Waals surface area (Å²) >= 11 is 0. The second-order valence-corrected chi connectivity index (χ2v) is 6.51. The Kier molecular flexibility index (Phi) is 5.46. The van der Waals surface area contributed by atoms with Gasteiger partial charge in [-0.15, -0.1) is 0 Å². The van der Waals surface area contributed by atoms with E-state index in [4.69, 9.17) is 0 Å². The number of anilines is 1. The maximum Gasteiger partial charge on any atom is 0.213 e. The average Bonchev–Trinajstić information content (AvgIpc) is 2.66. The van der Waals surface area contributed by atoms with Gasteiger partial charge in [-0.05, 0) is 41.3 Å². The van der Waals surface area contributed by atoms with Gasteiger partial charge in [0.2, 0.25) is 6.41 Å². The van der Waals surface area contributed by atoms with Gasteiger partial charge in [-0.3, -0.25) is 4.79 Å². The molecule has 25 heavy (non-hydrogen) atoms. The Morgan fingerprint density at radius 3 is 2.52 bits per heavy atom. The van der Waals surface area contributed by atoms with E-state index in [2.05, 4.69) is 60.8 Å². The number of fused-ring (bicyclic) bond motifs is 1. The quantitative estimate of drug-likeness (QED) is 0.659. The van der Waals surface area contributed by atoms with E-state index in [1.54, 1.807) is 11.9 Å². The van der Waals surface area contributed by atoms with Crippen LogP contribution in [0.1, 0.15) is 18.1 Å². The SMILES string of the molecule is CC(Cc1ccc2ccccc2c1)NCc1ccccc1N(C)C=O. The molecule has 3 heteroatoms. The second kappa shape index (κ2) is 7.95. The van der Waals surface area contributed by atoms with Gasteiger partial charge in [0.1, 0.15) is 0 Å². The fourth-order valence-corrected chi connectivity index (χ4v) is 3.14. The Labute approximate surface area is 149 Å². The van der Waals surface area contributed by atoms with E-state index in [0.29, 0.717) is 6.04 Å². The third kappa shape index (κ3) is 4.25. The maximum atomic E-state index is 11.0. The van der Waals surface area contributed by atoms with Crippen LogP contribution in [0.25, 0.3) is 10.8 Å². The molecule has 3 nitrogen and oxygen atoms in total. The molecule has 0 saturated carbocycles. The third-order valence-electron chi connectivity index (χ3n) is 4.53.